The summed E-state index contributed by atoms with van der Waals surface area (Å²) in [5.74, 6) is 0. The first kappa shape index (κ1) is 10.3. The zero-order chi connectivity index (χ0) is 11.3. The molecule has 2 aliphatic rings. The second-order valence-corrected chi connectivity index (χ2v) is 6.41. The van der Waals surface area contributed by atoms with Crippen LogP contribution in [0.25, 0.3) is 0 Å². The van der Waals surface area contributed by atoms with Crippen LogP contribution in [0.2, 0.25) is 10.1 Å². The molecule has 0 spiro atoms. The molecule has 1 aromatic heterocycles. The molecule has 0 amide bonds. The van der Waals surface area contributed by atoms with Gasteiger partial charge in [0, 0.05) is 0 Å². The van der Waals surface area contributed by atoms with Crippen molar-refractivity contribution in [1.29, 1.82) is 0 Å². The van der Waals surface area contributed by atoms with E-state index in [0.717, 1.165) is 5.32 Å². The molecule has 2 N–H and O–H groups in total. The Morgan fingerprint density at radius 2 is 2.38 bits per heavy atom. The standard InChI is InChI=1S/C9H10N2O4Se/c12-5-1-2-11(9(14)10-5)8-7-6(13)4(15-8)3-16-7/h1-2,4,6-8,13H,3H2,(H,10,12,14)/t4-,6-,7+,8+/m1/s1. The van der Waals surface area contributed by atoms with Gasteiger partial charge in [0.1, 0.15) is 0 Å². The molecule has 2 aliphatic heterocycles. The third kappa shape index (κ3) is 1.40. The van der Waals surface area contributed by atoms with Crippen molar-refractivity contribution in [3.8, 4) is 0 Å². The van der Waals surface area contributed by atoms with Crippen LogP contribution in [0.3, 0.4) is 0 Å². The predicted molar refractivity (Wildman–Crippen MR) is 55.6 cm³/mol. The average Bonchev–Trinajstić information content (AvgIpc) is 2.74. The van der Waals surface area contributed by atoms with Crippen molar-refractivity contribution in [2.45, 2.75) is 28.6 Å². The van der Waals surface area contributed by atoms with Crippen LogP contribution in [0.4, 0.5) is 0 Å². The van der Waals surface area contributed by atoms with Crippen LogP contribution in [-0.4, -0.2) is 41.8 Å². The third-order valence-corrected chi connectivity index (χ3v) is 5.87. The molecule has 0 radical (unpaired) electrons. The van der Waals surface area contributed by atoms with Crippen molar-refractivity contribution < 1.29 is 9.84 Å². The summed E-state index contributed by atoms with van der Waals surface area (Å²) in [6.45, 7) is 0. The number of rotatable bonds is 1. The van der Waals surface area contributed by atoms with E-state index in [9.17, 15) is 14.7 Å². The molecular formula is C9H10N2O4Se. The van der Waals surface area contributed by atoms with Gasteiger partial charge in [0.05, 0.1) is 0 Å². The molecule has 0 aromatic carbocycles. The zero-order valence-corrected chi connectivity index (χ0v) is 9.91. The van der Waals surface area contributed by atoms with Crippen molar-refractivity contribution in [3.05, 3.63) is 33.1 Å². The number of aliphatic hydroxyl groups excluding tert-OH is 1. The van der Waals surface area contributed by atoms with Gasteiger partial charge in [-0.2, -0.15) is 0 Å². The van der Waals surface area contributed by atoms with Gasteiger partial charge in [0.15, 0.2) is 0 Å². The Morgan fingerprint density at radius 1 is 1.56 bits per heavy atom. The Morgan fingerprint density at radius 3 is 2.94 bits per heavy atom. The van der Waals surface area contributed by atoms with Crippen molar-refractivity contribution in [2.75, 3.05) is 0 Å². The van der Waals surface area contributed by atoms with Gasteiger partial charge in [-0.05, 0) is 0 Å². The van der Waals surface area contributed by atoms with Gasteiger partial charge >= 0.3 is 96.0 Å². The molecule has 6 nitrogen and oxygen atoms in total. The van der Waals surface area contributed by atoms with Crippen LogP contribution < -0.4 is 11.2 Å². The second-order valence-electron chi connectivity index (χ2n) is 3.87. The first-order valence-corrected chi connectivity index (χ1v) is 7.13. The topological polar surface area (TPSA) is 84.3 Å². The minimum atomic E-state index is -0.479. The number of H-pyrrole nitrogens is 1. The molecule has 16 heavy (non-hydrogen) atoms. The van der Waals surface area contributed by atoms with Crippen molar-refractivity contribution >= 4 is 15.0 Å². The molecule has 2 bridgehead atoms. The fourth-order valence-electron chi connectivity index (χ4n) is 2.09. The van der Waals surface area contributed by atoms with E-state index < -0.39 is 23.6 Å². The Labute approximate surface area is 96.4 Å². The summed E-state index contributed by atoms with van der Waals surface area (Å²) >= 11 is 0.294. The van der Waals surface area contributed by atoms with E-state index >= 15 is 0 Å². The minimum absolute atomic E-state index is 0.0149. The Bertz CT molecular complexity index is 525. The first-order chi connectivity index (χ1) is 7.66. The number of hydrogen-bond donors (Lipinski definition) is 2. The number of ether oxygens (including phenoxy) is 1. The van der Waals surface area contributed by atoms with E-state index in [2.05, 4.69) is 4.98 Å². The van der Waals surface area contributed by atoms with Gasteiger partial charge < -0.3 is 0 Å². The van der Waals surface area contributed by atoms with E-state index in [1.807, 2.05) is 0 Å². The fraction of sp³-hybridized carbons (Fsp3) is 0.556. The normalized spacial score (nSPS) is 36.8. The maximum absolute atomic E-state index is 11.6. The van der Waals surface area contributed by atoms with Crippen LogP contribution in [0.15, 0.2) is 21.9 Å². The van der Waals surface area contributed by atoms with Gasteiger partial charge in [0.25, 0.3) is 0 Å². The van der Waals surface area contributed by atoms with E-state index in [0.29, 0.717) is 15.0 Å². The SMILES string of the molecule is O=c1ccn([C@H]2O[C@@H]3C[Se][C@H]2[C@@H]3O)c(=O)[nH]1. The van der Waals surface area contributed by atoms with Crippen LogP contribution in [0, 0.1) is 0 Å². The number of nitrogens with zero attached hydrogens (tertiary/aromatic N) is 1. The number of aliphatic hydroxyl groups is 1. The fourth-order valence-corrected chi connectivity index (χ4v) is 5.07. The number of nitrogens with one attached hydrogen (secondary N) is 1. The summed E-state index contributed by atoms with van der Waals surface area (Å²) in [7, 11) is 0. The quantitative estimate of drug-likeness (QED) is 0.631. The van der Waals surface area contributed by atoms with Crippen molar-refractivity contribution in [2.24, 2.45) is 0 Å². The zero-order valence-electron chi connectivity index (χ0n) is 8.20. The van der Waals surface area contributed by atoms with Gasteiger partial charge in [0.2, 0.25) is 0 Å². The third-order valence-electron chi connectivity index (χ3n) is 2.89. The van der Waals surface area contributed by atoms with E-state index in [1.54, 1.807) is 0 Å². The summed E-state index contributed by atoms with van der Waals surface area (Å²) in [6, 6.07) is 1.29. The molecular weight excluding hydrogens is 279 g/mol. The summed E-state index contributed by atoms with van der Waals surface area (Å²) < 4.78 is 6.94. The van der Waals surface area contributed by atoms with E-state index in [1.165, 1.54) is 16.8 Å². The van der Waals surface area contributed by atoms with Gasteiger partial charge in [-0.3, -0.25) is 0 Å². The molecule has 4 atom stereocenters. The number of aromatic amines is 1. The van der Waals surface area contributed by atoms with Gasteiger partial charge in [-0.25, -0.2) is 0 Å². The van der Waals surface area contributed by atoms with Gasteiger partial charge in [-0.15, -0.1) is 0 Å². The summed E-state index contributed by atoms with van der Waals surface area (Å²) in [5.41, 5.74) is -0.900. The Kier molecular flexibility index (Phi) is 2.29. The van der Waals surface area contributed by atoms with Crippen molar-refractivity contribution in [1.82, 2.24) is 9.55 Å². The predicted octanol–water partition coefficient (Wildman–Crippen LogP) is -1.28. The summed E-state index contributed by atoms with van der Waals surface area (Å²) in [6.07, 6.45) is 0.394. The molecule has 0 unspecified atom stereocenters. The molecule has 2 saturated heterocycles. The number of aromatic nitrogens is 2. The molecule has 2 fully saturated rings. The van der Waals surface area contributed by atoms with Crippen LogP contribution in [-0.2, 0) is 4.74 Å². The van der Waals surface area contributed by atoms with Crippen LogP contribution in [0.5, 0.6) is 0 Å². The molecule has 3 rings (SSSR count). The maximum atomic E-state index is 11.6. The van der Waals surface area contributed by atoms with Crippen LogP contribution in [0.1, 0.15) is 6.23 Å². The Balaban J connectivity index is 2.00. The number of fused-ring (bicyclic) bond motifs is 2. The molecule has 0 aliphatic carbocycles. The van der Waals surface area contributed by atoms with E-state index in [-0.39, 0.29) is 10.9 Å². The molecule has 0 saturated carbocycles. The molecule has 3 heterocycles. The number of hydrogen-bond acceptors (Lipinski definition) is 4. The summed E-state index contributed by atoms with van der Waals surface area (Å²) in [4.78, 5) is 24.7. The van der Waals surface area contributed by atoms with E-state index in [4.69, 9.17) is 4.74 Å². The van der Waals surface area contributed by atoms with Gasteiger partial charge in [-0.1, -0.05) is 0 Å². The first-order valence-electron chi connectivity index (χ1n) is 4.93. The monoisotopic (exact) mass is 290 g/mol. The average molecular weight is 289 g/mol. The second kappa shape index (κ2) is 3.56. The molecule has 86 valence electrons. The Hall–Kier alpha value is -0.881. The van der Waals surface area contributed by atoms with Crippen LogP contribution >= 0.6 is 0 Å². The molecule has 1 aromatic rings. The van der Waals surface area contributed by atoms with Crippen molar-refractivity contribution in [3.63, 3.8) is 0 Å². The molecule has 7 heteroatoms. The summed E-state index contributed by atoms with van der Waals surface area (Å²) in [5, 5.41) is 10.7.